The molecule has 0 atom stereocenters. The maximum absolute atomic E-state index is 12.3. The van der Waals surface area contributed by atoms with Gasteiger partial charge in [0.15, 0.2) is 0 Å². The summed E-state index contributed by atoms with van der Waals surface area (Å²) in [7, 11) is -3.67. The number of sulfonamides is 1. The molecule has 1 heterocycles. The van der Waals surface area contributed by atoms with Gasteiger partial charge in [-0.3, -0.25) is 14.8 Å². The van der Waals surface area contributed by atoms with Crippen molar-refractivity contribution in [1.82, 2.24) is 10.2 Å². The molecule has 0 radical (unpaired) electrons. The van der Waals surface area contributed by atoms with Gasteiger partial charge in [-0.25, -0.2) is 8.42 Å². The quantitative estimate of drug-likeness (QED) is 0.583. The molecule has 0 unspecified atom stereocenters. The third-order valence-corrected chi connectivity index (χ3v) is 5.96. The fourth-order valence-electron chi connectivity index (χ4n) is 2.31. The van der Waals surface area contributed by atoms with Gasteiger partial charge in [0.05, 0.1) is 5.41 Å². The molecule has 0 aliphatic carbocycles. The van der Waals surface area contributed by atoms with E-state index in [0.29, 0.717) is 16.4 Å². The number of carbonyl (C=O) groups excluding carboxylic acids is 1. The molecule has 0 spiro atoms. The summed E-state index contributed by atoms with van der Waals surface area (Å²) in [6, 6.07) is 15.3. The third kappa shape index (κ3) is 5.97. The lowest BCUT2D eigenvalue weighted by molar-refractivity contribution is 0.102. The number of anilines is 2. The molecule has 0 aliphatic rings. The van der Waals surface area contributed by atoms with E-state index in [0.717, 1.165) is 16.0 Å². The Labute approximate surface area is 173 Å². The molecule has 0 bridgehead atoms. The first kappa shape index (κ1) is 20.7. The fraction of sp³-hybridized carbons (Fsp3) is 0.150. The number of hydrogen-bond acceptors (Lipinski definition) is 6. The molecule has 3 rings (SSSR count). The Morgan fingerprint density at radius 2 is 1.72 bits per heavy atom. The lowest BCUT2D eigenvalue weighted by Gasteiger charge is -2.06. The Morgan fingerprint density at radius 3 is 2.34 bits per heavy atom. The Balaban J connectivity index is 1.63. The lowest BCUT2D eigenvalue weighted by Crippen LogP contribution is -2.12. The van der Waals surface area contributed by atoms with E-state index in [9.17, 15) is 13.2 Å². The monoisotopic (exact) mass is 428 g/mol. The first-order valence-electron chi connectivity index (χ1n) is 8.83. The summed E-state index contributed by atoms with van der Waals surface area (Å²) >= 11 is 1.33. The van der Waals surface area contributed by atoms with E-state index in [1.54, 1.807) is 12.1 Å². The van der Waals surface area contributed by atoms with Gasteiger partial charge in [-0.1, -0.05) is 55.5 Å². The highest BCUT2D eigenvalue weighted by molar-refractivity contribution is 7.95. The number of benzene rings is 2. The number of rotatable bonds is 7. The standard InChI is InChI=1S/C20H20N4O3S2/c1-14(2)19-22-23-20(28-19)21-18(25)16-8-10-17(11-9-16)24-29(26,27)13-12-15-6-4-3-5-7-15/h3-14,24H,1-2H3,(H,21,23,25)/b13-12+. The summed E-state index contributed by atoms with van der Waals surface area (Å²) in [5, 5.41) is 13.0. The van der Waals surface area contributed by atoms with Crippen molar-refractivity contribution in [2.24, 2.45) is 0 Å². The van der Waals surface area contributed by atoms with Crippen LogP contribution < -0.4 is 10.0 Å². The van der Waals surface area contributed by atoms with E-state index < -0.39 is 10.0 Å². The molecule has 2 aromatic carbocycles. The van der Waals surface area contributed by atoms with Gasteiger partial charge in [-0.15, -0.1) is 10.2 Å². The van der Waals surface area contributed by atoms with Crippen LogP contribution in [0.3, 0.4) is 0 Å². The van der Waals surface area contributed by atoms with Gasteiger partial charge in [0.1, 0.15) is 5.01 Å². The smallest absolute Gasteiger partial charge is 0.257 e. The Morgan fingerprint density at radius 1 is 1.03 bits per heavy atom. The fourth-order valence-corrected chi connectivity index (χ4v) is 3.92. The van der Waals surface area contributed by atoms with Gasteiger partial charge in [-0.2, -0.15) is 0 Å². The number of aromatic nitrogens is 2. The van der Waals surface area contributed by atoms with Crippen LogP contribution in [0.25, 0.3) is 6.08 Å². The predicted octanol–water partition coefficient (Wildman–Crippen LogP) is 4.33. The first-order valence-corrected chi connectivity index (χ1v) is 11.2. The summed E-state index contributed by atoms with van der Waals surface area (Å²) < 4.78 is 26.9. The van der Waals surface area contributed by atoms with E-state index in [1.165, 1.54) is 29.5 Å². The Bertz CT molecular complexity index is 1110. The van der Waals surface area contributed by atoms with Gasteiger partial charge >= 0.3 is 0 Å². The molecule has 29 heavy (non-hydrogen) atoms. The van der Waals surface area contributed by atoms with E-state index >= 15 is 0 Å². The molecular formula is C20H20N4O3S2. The first-order chi connectivity index (χ1) is 13.8. The topological polar surface area (TPSA) is 101 Å². The minimum atomic E-state index is -3.67. The van der Waals surface area contributed by atoms with Gasteiger partial charge in [0.2, 0.25) is 5.13 Å². The zero-order chi connectivity index (χ0) is 20.9. The molecule has 0 saturated heterocycles. The minimum Gasteiger partial charge on any atom is -0.296 e. The summed E-state index contributed by atoms with van der Waals surface area (Å²) in [6.07, 6.45) is 1.51. The molecule has 0 aliphatic heterocycles. The molecule has 150 valence electrons. The van der Waals surface area contributed by atoms with Crippen molar-refractivity contribution in [1.29, 1.82) is 0 Å². The summed E-state index contributed by atoms with van der Waals surface area (Å²) in [5.41, 5.74) is 1.52. The SMILES string of the molecule is CC(C)c1nnc(NC(=O)c2ccc(NS(=O)(=O)/C=C/c3ccccc3)cc2)s1. The molecule has 0 fully saturated rings. The van der Waals surface area contributed by atoms with Crippen molar-refractivity contribution in [3.05, 3.63) is 76.1 Å². The van der Waals surface area contributed by atoms with E-state index in [4.69, 9.17) is 0 Å². The summed E-state index contributed by atoms with van der Waals surface area (Å²) in [6.45, 7) is 4.00. The van der Waals surface area contributed by atoms with E-state index in [2.05, 4.69) is 20.2 Å². The van der Waals surface area contributed by atoms with Crippen molar-refractivity contribution < 1.29 is 13.2 Å². The lowest BCUT2D eigenvalue weighted by atomic mass is 10.2. The molecule has 1 aromatic heterocycles. The van der Waals surface area contributed by atoms with E-state index in [-0.39, 0.29) is 11.8 Å². The van der Waals surface area contributed by atoms with Crippen molar-refractivity contribution in [3.63, 3.8) is 0 Å². The largest absolute Gasteiger partial charge is 0.296 e. The molecule has 0 saturated carbocycles. The molecule has 1 amide bonds. The normalized spacial score (nSPS) is 11.7. The highest BCUT2D eigenvalue weighted by atomic mass is 32.2. The molecular weight excluding hydrogens is 408 g/mol. The maximum atomic E-state index is 12.3. The Hall–Kier alpha value is -3.04. The number of carbonyl (C=O) groups is 1. The second kappa shape index (κ2) is 8.97. The van der Waals surface area contributed by atoms with Crippen LogP contribution in [0, 0.1) is 0 Å². The van der Waals surface area contributed by atoms with Crippen molar-refractivity contribution in [3.8, 4) is 0 Å². The van der Waals surface area contributed by atoms with Crippen molar-refractivity contribution >= 4 is 44.2 Å². The van der Waals surface area contributed by atoms with Gasteiger partial charge in [-0.05, 0) is 35.9 Å². The molecule has 3 aromatic rings. The van der Waals surface area contributed by atoms with Crippen LogP contribution in [0.4, 0.5) is 10.8 Å². The van der Waals surface area contributed by atoms with Crippen molar-refractivity contribution in [2.45, 2.75) is 19.8 Å². The van der Waals surface area contributed by atoms with Crippen LogP contribution in [0.1, 0.15) is 40.7 Å². The van der Waals surface area contributed by atoms with Crippen LogP contribution >= 0.6 is 11.3 Å². The van der Waals surface area contributed by atoms with Crippen LogP contribution in [0.2, 0.25) is 0 Å². The number of amides is 1. The predicted molar refractivity (Wildman–Crippen MR) is 116 cm³/mol. The highest BCUT2D eigenvalue weighted by Crippen LogP contribution is 2.23. The zero-order valence-electron chi connectivity index (χ0n) is 15.9. The Kier molecular flexibility index (Phi) is 6.40. The third-order valence-electron chi connectivity index (χ3n) is 3.80. The van der Waals surface area contributed by atoms with Gasteiger partial charge in [0, 0.05) is 17.2 Å². The number of hydrogen-bond donors (Lipinski definition) is 2. The van der Waals surface area contributed by atoms with Crippen LogP contribution in [-0.4, -0.2) is 24.5 Å². The summed E-state index contributed by atoms with van der Waals surface area (Å²) in [5.74, 6) is -0.101. The number of nitrogens with zero attached hydrogens (tertiary/aromatic N) is 2. The average Bonchev–Trinajstić information content (AvgIpc) is 3.16. The van der Waals surface area contributed by atoms with Crippen molar-refractivity contribution in [2.75, 3.05) is 10.0 Å². The molecule has 7 nitrogen and oxygen atoms in total. The van der Waals surface area contributed by atoms with Crippen LogP contribution in [0.15, 0.2) is 60.0 Å². The maximum Gasteiger partial charge on any atom is 0.257 e. The van der Waals surface area contributed by atoms with Gasteiger partial charge < -0.3 is 0 Å². The van der Waals surface area contributed by atoms with Crippen LogP contribution in [0.5, 0.6) is 0 Å². The second-order valence-electron chi connectivity index (χ2n) is 6.49. The second-order valence-corrected chi connectivity index (χ2v) is 9.07. The minimum absolute atomic E-state index is 0.237. The molecule has 2 N–H and O–H groups in total. The number of nitrogens with one attached hydrogen (secondary N) is 2. The van der Waals surface area contributed by atoms with E-state index in [1.807, 2.05) is 44.2 Å². The zero-order valence-corrected chi connectivity index (χ0v) is 17.5. The summed E-state index contributed by atoms with van der Waals surface area (Å²) in [4.78, 5) is 12.3. The van der Waals surface area contributed by atoms with Gasteiger partial charge in [0.25, 0.3) is 15.9 Å². The molecule has 9 heteroatoms. The average molecular weight is 429 g/mol. The highest BCUT2D eigenvalue weighted by Gasteiger charge is 2.12. The van der Waals surface area contributed by atoms with Crippen LogP contribution in [-0.2, 0) is 10.0 Å².